The number of benzene rings is 1. The smallest absolute Gasteiger partial charge is 0.184 e. The third-order valence-electron chi connectivity index (χ3n) is 2.32. The van der Waals surface area contributed by atoms with Crippen LogP contribution in [0, 0.1) is 0 Å². The first-order valence-corrected chi connectivity index (χ1v) is 5.21. The Morgan fingerprint density at radius 3 is 2.71 bits per heavy atom. The van der Waals surface area contributed by atoms with E-state index in [4.69, 9.17) is 19.9 Å². The van der Waals surface area contributed by atoms with Crippen LogP contribution in [-0.4, -0.2) is 33.7 Å². The Hall–Kier alpha value is -1.43. The number of carbonyl (C=O) groups excluding carboxylic acids is 1. The molecule has 0 aliphatic carbocycles. The van der Waals surface area contributed by atoms with Crippen LogP contribution in [0.25, 0.3) is 0 Å². The van der Waals surface area contributed by atoms with Gasteiger partial charge in [0, 0.05) is 31.0 Å². The van der Waals surface area contributed by atoms with Crippen LogP contribution < -0.4 is 5.73 Å². The van der Waals surface area contributed by atoms with E-state index >= 15 is 0 Å². The number of nitrogen functional groups attached to an aromatic ring is 1. The van der Waals surface area contributed by atoms with Crippen molar-refractivity contribution in [1.29, 1.82) is 0 Å². The zero-order valence-electron chi connectivity index (χ0n) is 10.0. The van der Waals surface area contributed by atoms with Crippen molar-refractivity contribution in [2.24, 2.45) is 0 Å². The highest BCUT2D eigenvalue weighted by Gasteiger charge is 2.16. The summed E-state index contributed by atoms with van der Waals surface area (Å²) in [5, 5.41) is 0. The zero-order chi connectivity index (χ0) is 12.7. The molecule has 1 aromatic rings. The molecule has 0 radical (unpaired) electrons. The van der Waals surface area contributed by atoms with Crippen molar-refractivity contribution < 1.29 is 19.0 Å². The van der Waals surface area contributed by atoms with Gasteiger partial charge in [-0.25, -0.2) is 0 Å². The van der Waals surface area contributed by atoms with Gasteiger partial charge in [-0.05, 0) is 6.07 Å². The number of carbonyl (C=O) groups is 1. The van der Waals surface area contributed by atoms with E-state index in [-0.39, 0.29) is 0 Å². The molecular formula is C12H17NO4. The summed E-state index contributed by atoms with van der Waals surface area (Å²) in [7, 11) is 3.10. The maximum absolute atomic E-state index is 11.0. The van der Waals surface area contributed by atoms with Crippen molar-refractivity contribution in [2.45, 2.75) is 6.29 Å². The lowest BCUT2D eigenvalue weighted by atomic mass is 10.1. The summed E-state index contributed by atoms with van der Waals surface area (Å²) >= 11 is 0. The molecule has 0 saturated carbocycles. The van der Waals surface area contributed by atoms with Crippen LogP contribution in [-0.2, 0) is 14.2 Å². The number of hydrogen-bond acceptors (Lipinski definition) is 5. The summed E-state index contributed by atoms with van der Waals surface area (Å²) in [5.74, 6) is 0. The first-order valence-electron chi connectivity index (χ1n) is 5.21. The maximum Gasteiger partial charge on any atom is 0.184 e. The fourth-order valence-corrected chi connectivity index (χ4v) is 1.47. The van der Waals surface area contributed by atoms with Gasteiger partial charge in [0.2, 0.25) is 0 Å². The maximum atomic E-state index is 11.0. The van der Waals surface area contributed by atoms with E-state index in [2.05, 4.69) is 0 Å². The van der Waals surface area contributed by atoms with Crippen LogP contribution in [0.4, 0.5) is 5.69 Å². The Balaban J connectivity index is 2.87. The average Bonchev–Trinajstić information content (AvgIpc) is 2.34. The second-order valence-corrected chi connectivity index (χ2v) is 3.40. The topological polar surface area (TPSA) is 70.8 Å². The Morgan fingerprint density at radius 1 is 1.35 bits per heavy atom. The highest BCUT2D eigenvalue weighted by atomic mass is 16.7. The Morgan fingerprint density at radius 2 is 2.12 bits per heavy atom. The molecule has 1 aromatic carbocycles. The number of anilines is 1. The van der Waals surface area contributed by atoms with Crippen LogP contribution in [0.2, 0.25) is 0 Å². The van der Waals surface area contributed by atoms with E-state index in [1.54, 1.807) is 25.3 Å². The van der Waals surface area contributed by atoms with Gasteiger partial charge in [-0.2, -0.15) is 0 Å². The summed E-state index contributed by atoms with van der Waals surface area (Å²) in [5.41, 5.74) is 7.15. The van der Waals surface area contributed by atoms with Crippen molar-refractivity contribution in [3.63, 3.8) is 0 Å². The van der Waals surface area contributed by atoms with Crippen LogP contribution in [0.3, 0.4) is 0 Å². The molecule has 17 heavy (non-hydrogen) atoms. The number of aldehydes is 1. The first-order chi connectivity index (χ1) is 8.24. The summed E-state index contributed by atoms with van der Waals surface area (Å²) < 4.78 is 15.5. The normalized spacial score (nSPS) is 12.4. The molecule has 5 nitrogen and oxygen atoms in total. The molecule has 0 aliphatic rings. The molecule has 5 heteroatoms. The van der Waals surface area contributed by atoms with E-state index in [1.165, 1.54) is 7.11 Å². The van der Waals surface area contributed by atoms with Crippen LogP contribution >= 0.6 is 0 Å². The molecule has 0 saturated heterocycles. The molecule has 0 amide bonds. The fraction of sp³-hybridized carbons (Fsp3) is 0.417. The number of methoxy groups -OCH3 is 2. The van der Waals surface area contributed by atoms with Crippen molar-refractivity contribution in [3.8, 4) is 0 Å². The lowest BCUT2D eigenvalue weighted by Crippen LogP contribution is -2.13. The molecule has 94 valence electrons. The predicted molar refractivity (Wildman–Crippen MR) is 63.8 cm³/mol. The van der Waals surface area contributed by atoms with Crippen LogP contribution in [0.1, 0.15) is 22.2 Å². The van der Waals surface area contributed by atoms with Gasteiger partial charge in [0.25, 0.3) is 0 Å². The molecule has 0 bridgehead atoms. The first kappa shape index (κ1) is 13.6. The second kappa shape index (κ2) is 7.01. The number of nitrogens with two attached hydrogens (primary N) is 1. The van der Waals surface area contributed by atoms with Gasteiger partial charge >= 0.3 is 0 Å². The van der Waals surface area contributed by atoms with Gasteiger partial charge in [-0.15, -0.1) is 0 Å². The van der Waals surface area contributed by atoms with E-state index in [0.29, 0.717) is 36.3 Å². The number of ether oxygens (including phenoxy) is 3. The third-order valence-corrected chi connectivity index (χ3v) is 2.32. The number of rotatable bonds is 7. The van der Waals surface area contributed by atoms with E-state index in [0.717, 1.165) is 0 Å². The largest absolute Gasteiger partial charge is 0.398 e. The third kappa shape index (κ3) is 3.52. The van der Waals surface area contributed by atoms with Crippen LogP contribution in [0.15, 0.2) is 18.2 Å². The molecule has 0 heterocycles. The molecule has 0 fully saturated rings. The molecule has 2 N–H and O–H groups in total. The van der Waals surface area contributed by atoms with E-state index in [9.17, 15) is 4.79 Å². The van der Waals surface area contributed by atoms with Gasteiger partial charge in [0.15, 0.2) is 12.6 Å². The minimum atomic E-state index is -0.617. The molecule has 1 atom stereocenters. The van der Waals surface area contributed by atoms with E-state index < -0.39 is 6.29 Å². The van der Waals surface area contributed by atoms with Gasteiger partial charge < -0.3 is 19.9 Å². The quantitative estimate of drug-likeness (QED) is 0.337. The fourth-order valence-electron chi connectivity index (χ4n) is 1.47. The van der Waals surface area contributed by atoms with Gasteiger partial charge in [-0.1, -0.05) is 12.1 Å². The van der Waals surface area contributed by atoms with Gasteiger partial charge in [0.05, 0.1) is 13.2 Å². The second-order valence-electron chi connectivity index (χ2n) is 3.40. The lowest BCUT2D eigenvalue weighted by molar-refractivity contribution is -0.135. The Kier molecular flexibility index (Phi) is 5.62. The average molecular weight is 239 g/mol. The monoisotopic (exact) mass is 239 g/mol. The summed E-state index contributed by atoms with van der Waals surface area (Å²) in [6.07, 6.45) is 0.0879. The minimum absolute atomic E-state index is 0.377. The highest BCUT2D eigenvalue weighted by Crippen LogP contribution is 2.24. The van der Waals surface area contributed by atoms with Crippen LogP contribution in [0.5, 0.6) is 0 Å². The minimum Gasteiger partial charge on any atom is -0.398 e. The SMILES string of the molecule is COCCOC(OC)c1cccc(N)c1C=O. The molecule has 1 unspecified atom stereocenters. The molecule has 0 aliphatic heterocycles. The highest BCUT2D eigenvalue weighted by molar-refractivity contribution is 5.85. The Labute approximate surface area is 100 Å². The van der Waals surface area contributed by atoms with Crippen molar-refractivity contribution >= 4 is 12.0 Å². The Bertz CT molecular complexity index is 368. The summed E-state index contributed by atoms with van der Waals surface area (Å²) in [6, 6.07) is 5.17. The van der Waals surface area contributed by atoms with Gasteiger partial charge in [-0.3, -0.25) is 4.79 Å². The van der Waals surface area contributed by atoms with Crippen molar-refractivity contribution in [2.75, 3.05) is 33.2 Å². The molecule has 1 rings (SSSR count). The standard InChI is InChI=1S/C12H17NO4/c1-15-6-7-17-12(16-2)9-4-3-5-11(13)10(9)8-14/h3-5,8,12H,6-7,13H2,1-2H3. The molecule has 0 aromatic heterocycles. The molecular weight excluding hydrogens is 222 g/mol. The zero-order valence-corrected chi connectivity index (χ0v) is 10.0. The predicted octanol–water partition coefficient (Wildman–Crippen LogP) is 1.39. The number of hydrogen-bond donors (Lipinski definition) is 1. The summed E-state index contributed by atoms with van der Waals surface area (Å²) in [6.45, 7) is 0.834. The molecule has 0 spiro atoms. The van der Waals surface area contributed by atoms with Gasteiger partial charge in [0.1, 0.15) is 0 Å². The van der Waals surface area contributed by atoms with Crippen molar-refractivity contribution in [1.82, 2.24) is 0 Å². The van der Waals surface area contributed by atoms with E-state index in [1.807, 2.05) is 0 Å². The lowest BCUT2D eigenvalue weighted by Gasteiger charge is -2.18. The summed E-state index contributed by atoms with van der Waals surface area (Å²) in [4.78, 5) is 11.0. The van der Waals surface area contributed by atoms with Crippen molar-refractivity contribution in [3.05, 3.63) is 29.3 Å².